The number of carbonyl (C=O) groups is 1. The minimum atomic E-state index is -0.0157. The van der Waals surface area contributed by atoms with E-state index in [-0.39, 0.29) is 5.91 Å². The summed E-state index contributed by atoms with van der Waals surface area (Å²) in [7, 11) is 0. The number of fused-ring (bicyclic) bond motifs is 1. The van der Waals surface area contributed by atoms with E-state index in [9.17, 15) is 4.79 Å². The third-order valence-corrected chi connectivity index (χ3v) is 4.84. The van der Waals surface area contributed by atoms with Gasteiger partial charge in [-0.3, -0.25) is 4.79 Å². The molecule has 3 aromatic rings. The lowest BCUT2D eigenvalue weighted by Crippen LogP contribution is -2.24. The first-order chi connectivity index (χ1) is 13.2. The van der Waals surface area contributed by atoms with Crippen molar-refractivity contribution in [3.05, 3.63) is 65.7 Å². The number of hydrogen-bond donors (Lipinski definition) is 1. The van der Waals surface area contributed by atoms with Gasteiger partial charge in [0.15, 0.2) is 0 Å². The molecule has 3 rings (SSSR count). The van der Waals surface area contributed by atoms with Gasteiger partial charge in [-0.1, -0.05) is 74.6 Å². The second-order valence-electron chi connectivity index (χ2n) is 7.11. The first-order valence-corrected chi connectivity index (χ1v) is 9.94. The van der Waals surface area contributed by atoms with Gasteiger partial charge in [0.2, 0.25) is 0 Å². The predicted octanol–water partition coefficient (Wildman–Crippen LogP) is 5.91. The van der Waals surface area contributed by atoms with Crippen molar-refractivity contribution in [2.45, 2.75) is 46.0 Å². The number of pyridine rings is 1. The maximum atomic E-state index is 12.9. The van der Waals surface area contributed by atoms with Crippen molar-refractivity contribution in [2.75, 3.05) is 6.54 Å². The molecule has 3 heteroatoms. The molecule has 0 radical (unpaired) electrons. The van der Waals surface area contributed by atoms with Gasteiger partial charge in [-0.2, -0.15) is 0 Å². The second kappa shape index (κ2) is 9.31. The fourth-order valence-corrected chi connectivity index (χ4v) is 3.34. The first-order valence-electron chi connectivity index (χ1n) is 9.94. The number of amides is 1. The largest absolute Gasteiger partial charge is 0.352 e. The Hall–Kier alpha value is -2.68. The van der Waals surface area contributed by atoms with Crippen LogP contribution in [-0.2, 0) is 0 Å². The van der Waals surface area contributed by atoms with E-state index in [0.29, 0.717) is 5.56 Å². The topological polar surface area (TPSA) is 42.0 Å². The number of aromatic nitrogens is 1. The number of rotatable bonds is 8. The van der Waals surface area contributed by atoms with Gasteiger partial charge in [-0.25, -0.2) is 4.98 Å². The van der Waals surface area contributed by atoms with Gasteiger partial charge < -0.3 is 5.32 Å². The summed E-state index contributed by atoms with van der Waals surface area (Å²) in [4.78, 5) is 17.6. The Balaban J connectivity index is 1.84. The van der Waals surface area contributed by atoms with E-state index < -0.39 is 0 Å². The van der Waals surface area contributed by atoms with Crippen molar-refractivity contribution in [3.8, 4) is 11.3 Å². The minimum Gasteiger partial charge on any atom is -0.352 e. The molecule has 1 amide bonds. The zero-order chi connectivity index (χ0) is 19.1. The van der Waals surface area contributed by atoms with E-state index in [2.05, 4.69) is 31.3 Å². The quantitative estimate of drug-likeness (QED) is 0.507. The van der Waals surface area contributed by atoms with Crippen LogP contribution in [0.5, 0.6) is 0 Å². The second-order valence-corrected chi connectivity index (χ2v) is 7.11. The number of unbranched alkanes of at least 4 members (excludes halogenated alkanes) is 4. The monoisotopic (exact) mass is 360 g/mol. The molecule has 0 fully saturated rings. The highest BCUT2D eigenvalue weighted by molar-refractivity contribution is 6.07. The van der Waals surface area contributed by atoms with E-state index in [1.165, 1.54) is 31.2 Å². The maximum absolute atomic E-state index is 12.9. The van der Waals surface area contributed by atoms with Gasteiger partial charge >= 0.3 is 0 Å². The summed E-state index contributed by atoms with van der Waals surface area (Å²) >= 11 is 0. The van der Waals surface area contributed by atoms with Crippen LogP contribution in [0.1, 0.15) is 54.9 Å². The fourth-order valence-electron chi connectivity index (χ4n) is 3.34. The van der Waals surface area contributed by atoms with E-state index in [4.69, 9.17) is 4.98 Å². The molecule has 140 valence electrons. The fraction of sp³-hybridized carbons (Fsp3) is 0.333. The summed E-state index contributed by atoms with van der Waals surface area (Å²) in [5.41, 5.74) is 4.61. The number of hydrogen-bond acceptors (Lipinski definition) is 2. The van der Waals surface area contributed by atoms with Crippen molar-refractivity contribution >= 4 is 16.8 Å². The van der Waals surface area contributed by atoms with Crippen molar-refractivity contribution < 1.29 is 4.79 Å². The molecule has 0 aliphatic rings. The van der Waals surface area contributed by atoms with Crippen LogP contribution in [0, 0.1) is 6.92 Å². The molecule has 0 spiro atoms. The Kier molecular flexibility index (Phi) is 6.59. The van der Waals surface area contributed by atoms with Crippen LogP contribution in [0.25, 0.3) is 22.2 Å². The molecule has 0 bridgehead atoms. The molecule has 1 aromatic heterocycles. The summed E-state index contributed by atoms with van der Waals surface area (Å²) < 4.78 is 0. The summed E-state index contributed by atoms with van der Waals surface area (Å²) in [6, 6.07) is 18.0. The van der Waals surface area contributed by atoms with Crippen LogP contribution in [0.3, 0.4) is 0 Å². The van der Waals surface area contributed by atoms with Crippen LogP contribution >= 0.6 is 0 Å². The Morgan fingerprint density at radius 2 is 1.78 bits per heavy atom. The van der Waals surface area contributed by atoms with Crippen LogP contribution in [0.2, 0.25) is 0 Å². The maximum Gasteiger partial charge on any atom is 0.252 e. The number of nitrogens with zero attached hydrogens (tertiary/aromatic N) is 1. The predicted molar refractivity (Wildman–Crippen MR) is 113 cm³/mol. The average Bonchev–Trinajstić information content (AvgIpc) is 2.69. The van der Waals surface area contributed by atoms with E-state index in [1.807, 2.05) is 42.5 Å². The third-order valence-electron chi connectivity index (χ3n) is 4.84. The van der Waals surface area contributed by atoms with Crippen LogP contribution in [-0.4, -0.2) is 17.4 Å². The third kappa shape index (κ3) is 4.94. The molecule has 27 heavy (non-hydrogen) atoms. The molecule has 3 nitrogen and oxygen atoms in total. The van der Waals surface area contributed by atoms with Crippen molar-refractivity contribution in [1.29, 1.82) is 0 Å². The molecule has 1 heterocycles. The molecule has 0 saturated heterocycles. The van der Waals surface area contributed by atoms with Gasteiger partial charge in [-0.05, 0) is 31.5 Å². The SMILES string of the molecule is CCCCCCCNC(=O)c1cc(-c2cccc(C)c2)nc2ccccc12. The molecule has 0 unspecified atom stereocenters. The Morgan fingerprint density at radius 3 is 2.59 bits per heavy atom. The Morgan fingerprint density at radius 1 is 0.963 bits per heavy atom. The Labute approximate surface area is 161 Å². The number of aryl methyl sites for hydroxylation is 1. The van der Waals surface area contributed by atoms with Gasteiger partial charge in [0, 0.05) is 17.5 Å². The summed E-state index contributed by atoms with van der Waals surface area (Å²) in [5, 5.41) is 3.99. The highest BCUT2D eigenvalue weighted by Gasteiger charge is 2.13. The zero-order valence-corrected chi connectivity index (χ0v) is 16.3. The number of benzene rings is 2. The highest BCUT2D eigenvalue weighted by atomic mass is 16.1. The van der Waals surface area contributed by atoms with Crippen molar-refractivity contribution in [1.82, 2.24) is 10.3 Å². The molecular formula is C24H28N2O. The van der Waals surface area contributed by atoms with Crippen LogP contribution < -0.4 is 5.32 Å². The number of para-hydroxylation sites is 1. The number of carbonyl (C=O) groups excluding carboxylic acids is 1. The van der Waals surface area contributed by atoms with Crippen molar-refractivity contribution in [3.63, 3.8) is 0 Å². The highest BCUT2D eigenvalue weighted by Crippen LogP contribution is 2.25. The molecule has 1 N–H and O–H groups in total. The molecule has 0 aliphatic carbocycles. The number of nitrogens with one attached hydrogen (secondary N) is 1. The molecule has 0 saturated carbocycles. The summed E-state index contributed by atoms with van der Waals surface area (Å²) in [6.45, 7) is 5.00. The van der Waals surface area contributed by atoms with Crippen molar-refractivity contribution in [2.24, 2.45) is 0 Å². The lowest BCUT2D eigenvalue weighted by atomic mass is 10.0. The lowest BCUT2D eigenvalue weighted by molar-refractivity contribution is 0.0954. The molecule has 0 aliphatic heterocycles. The summed E-state index contributed by atoms with van der Waals surface area (Å²) in [6.07, 6.45) is 5.93. The lowest BCUT2D eigenvalue weighted by Gasteiger charge is -2.11. The Bertz CT molecular complexity index is 917. The first kappa shape index (κ1) is 19.1. The normalized spacial score (nSPS) is 10.9. The summed E-state index contributed by atoms with van der Waals surface area (Å²) in [5.74, 6) is -0.0157. The van der Waals surface area contributed by atoms with Gasteiger partial charge in [0.05, 0.1) is 16.8 Å². The average molecular weight is 361 g/mol. The smallest absolute Gasteiger partial charge is 0.252 e. The molecule has 0 atom stereocenters. The van der Waals surface area contributed by atoms with Gasteiger partial charge in [0.1, 0.15) is 0 Å². The van der Waals surface area contributed by atoms with Gasteiger partial charge in [-0.15, -0.1) is 0 Å². The van der Waals surface area contributed by atoms with Gasteiger partial charge in [0.25, 0.3) is 5.91 Å². The van der Waals surface area contributed by atoms with Crippen LogP contribution in [0.15, 0.2) is 54.6 Å². The minimum absolute atomic E-state index is 0.0157. The van der Waals surface area contributed by atoms with E-state index in [1.54, 1.807) is 0 Å². The van der Waals surface area contributed by atoms with Crippen LogP contribution in [0.4, 0.5) is 0 Å². The molecular weight excluding hydrogens is 332 g/mol. The molecule has 2 aromatic carbocycles. The van der Waals surface area contributed by atoms with E-state index in [0.717, 1.165) is 35.1 Å². The standard InChI is InChI=1S/C24H28N2O/c1-3-4-5-6-9-15-25-24(27)21-17-23(19-12-10-11-18(2)16-19)26-22-14-8-7-13-20(21)22/h7-8,10-14,16-17H,3-6,9,15H2,1-2H3,(H,25,27). The zero-order valence-electron chi connectivity index (χ0n) is 16.3. The van der Waals surface area contributed by atoms with E-state index >= 15 is 0 Å².